The summed E-state index contributed by atoms with van der Waals surface area (Å²) < 4.78 is 0. The largest absolute Gasteiger partial charge is 0.324 e. The number of benzene rings is 1. The summed E-state index contributed by atoms with van der Waals surface area (Å²) in [5.74, 6) is 0.690. The van der Waals surface area contributed by atoms with E-state index in [1.807, 2.05) is 13.0 Å². The van der Waals surface area contributed by atoms with Gasteiger partial charge in [0.2, 0.25) is 0 Å². The summed E-state index contributed by atoms with van der Waals surface area (Å²) in [5.41, 5.74) is 10.1. The molecule has 2 aromatic rings. The first kappa shape index (κ1) is 13.7. The van der Waals surface area contributed by atoms with E-state index in [2.05, 4.69) is 55.0 Å². The molecule has 19 heavy (non-hydrogen) atoms. The molecular weight excluding hydrogens is 234 g/mol. The van der Waals surface area contributed by atoms with Crippen LogP contribution in [0.15, 0.2) is 30.3 Å². The second-order valence-corrected chi connectivity index (χ2v) is 5.84. The summed E-state index contributed by atoms with van der Waals surface area (Å²) in [6, 6.07) is 10.5. The molecule has 2 rings (SSSR count). The molecule has 1 aromatic carbocycles. The average Bonchev–Trinajstić information content (AvgIpc) is 2.37. The van der Waals surface area contributed by atoms with E-state index < -0.39 is 0 Å². The Morgan fingerprint density at radius 3 is 2.21 bits per heavy atom. The highest BCUT2D eigenvalue weighted by atomic mass is 14.9. The van der Waals surface area contributed by atoms with E-state index in [4.69, 9.17) is 5.73 Å². The third-order valence-corrected chi connectivity index (χ3v) is 3.13. The van der Waals surface area contributed by atoms with E-state index in [1.54, 1.807) is 0 Å². The van der Waals surface area contributed by atoms with Gasteiger partial charge < -0.3 is 5.73 Å². The monoisotopic (exact) mass is 255 g/mol. The Kier molecular flexibility index (Phi) is 3.67. The fourth-order valence-corrected chi connectivity index (χ4v) is 2.01. The van der Waals surface area contributed by atoms with Gasteiger partial charge in [-0.2, -0.15) is 0 Å². The minimum absolute atomic E-state index is 0.169. The first-order valence-corrected chi connectivity index (χ1v) is 6.55. The highest BCUT2D eigenvalue weighted by Crippen LogP contribution is 2.25. The summed E-state index contributed by atoms with van der Waals surface area (Å²) in [4.78, 5) is 8.78. The molecule has 0 unspecified atom stereocenters. The zero-order chi connectivity index (χ0) is 14.0. The Hall–Kier alpha value is -1.74. The average molecular weight is 255 g/mol. The lowest BCUT2D eigenvalue weighted by molar-refractivity contribution is 0.590. The van der Waals surface area contributed by atoms with Crippen molar-refractivity contribution in [2.24, 2.45) is 5.73 Å². The zero-order valence-electron chi connectivity index (χ0n) is 12.1. The second kappa shape index (κ2) is 5.10. The van der Waals surface area contributed by atoms with E-state index in [-0.39, 0.29) is 5.41 Å². The summed E-state index contributed by atoms with van der Waals surface area (Å²) in [6.45, 7) is 8.97. The Balaban J connectivity index is 2.40. The van der Waals surface area contributed by atoms with Crippen molar-refractivity contribution in [2.45, 2.75) is 39.7 Å². The topological polar surface area (TPSA) is 51.8 Å². The van der Waals surface area contributed by atoms with Gasteiger partial charge in [-0.3, -0.25) is 0 Å². The fraction of sp³-hybridized carbons (Fsp3) is 0.375. The van der Waals surface area contributed by atoms with Crippen molar-refractivity contribution in [3.63, 3.8) is 0 Å². The number of hydrogen-bond donors (Lipinski definition) is 1. The predicted molar refractivity (Wildman–Crippen MR) is 78.8 cm³/mol. The van der Waals surface area contributed by atoms with Crippen molar-refractivity contribution >= 4 is 0 Å². The van der Waals surface area contributed by atoms with Crippen LogP contribution in [0.25, 0.3) is 11.3 Å². The van der Waals surface area contributed by atoms with Gasteiger partial charge in [0.25, 0.3) is 0 Å². The van der Waals surface area contributed by atoms with E-state index in [0.29, 0.717) is 12.4 Å². The fourth-order valence-electron chi connectivity index (χ4n) is 2.01. The standard InChI is InChI=1S/C16H21N3/c1-11-9-14(19-15(10-17)18-11)12-5-7-13(8-6-12)16(2,3)4/h5-9H,10,17H2,1-4H3. The molecular formula is C16H21N3. The first-order chi connectivity index (χ1) is 8.90. The zero-order valence-corrected chi connectivity index (χ0v) is 12.1. The molecule has 3 heteroatoms. The van der Waals surface area contributed by atoms with Gasteiger partial charge >= 0.3 is 0 Å². The predicted octanol–water partition coefficient (Wildman–Crippen LogP) is 3.21. The summed E-state index contributed by atoms with van der Waals surface area (Å²) in [6.07, 6.45) is 0. The third kappa shape index (κ3) is 3.18. The van der Waals surface area contributed by atoms with Crippen LogP contribution < -0.4 is 5.73 Å². The van der Waals surface area contributed by atoms with Gasteiger partial charge in [0.05, 0.1) is 12.2 Å². The van der Waals surface area contributed by atoms with Crippen LogP contribution >= 0.6 is 0 Å². The Morgan fingerprint density at radius 2 is 1.68 bits per heavy atom. The van der Waals surface area contributed by atoms with Crippen molar-refractivity contribution < 1.29 is 0 Å². The van der Waals surface area contributed by atoms with Crippen LogP contribution in [-0.2, 0) is 12.0 Å². The summed E-state index contributed by atoms with van der Waals surface area (Å²) in [5, 5.41) is 0. The molecule has 0 atom stereocenters. The van der Waals surface area contributed by atoms with Crippen LogP contribution in [-0.4, -0.2) is 9.97 Å². The Labute approximate surface area is 114 Å². The molecule has 0 aliphatic rings. The van der Waals surface area contributed by atoms with E-state index in [1.165, 1.54) is 5.56 Å². The molecule has 0 fully saturated rings. The molecule has 0 radical (unpaired) electrons. The maximum absolute atomic E-state index is 5.62. The van der Waals surface area contributed by atoms with Crippen molar-refractivity contribution in [3.05, 3.63) is 47.4 Å². The molecule has 100 valence electrons. The van der Waals surface area contributed by atoms with Gasteiger partial charge in [0.15, 0.2) is 0 Å². The van der Waals surface area contributed by atoms with Crippen molar-refractivity contribution in [3.8, 4) is 11.3 Å². The smallest absolute Gasteiger partial charge is 0.142 e. The second-order valence-electron chi connectivity index (χ2n) is 5.84. The molecule has 0 aliphatic carbocycles. The van der Waals surface area contributed by atoms with Crippen molar-refractivity contribution in [1.29, 1.82) is 0 Å². The summed E-state index contributed by atoms with van der Waals surface area (Å²) in [7, 11) is 0. The third-order valence-electron chi connectivity index (χ3n) is 3.13. The summed E-state index contributed by atoms with van der Waals surface area (Å²) >= 11 is 0. The van der Waals surface area contributed by atoms with E-state index in [0.717, 1.165) is 17.0 Å². The minimum Gasteiger partial charge on any atom is -0.324 e. The molecule has 1 aromatic heterocycles. The van der Waals surface area contributed by atoms with Gasteiger partial charge in [0, 0.05) is 11.3 Å². The molecule has 0 saturated carbocycles. The number of aromatic nitrogens is 2. The van der Waals surface area contributed by atoms with Gasteiger partial charge in [-0.1, -0.05) is 45.0 Å². The van der Waals surface area contributed by atoms with Crippen LogP contribution in [0.4, 0.5) is 0 Å². The Bertz CT molecular complexity index is 566. The maximum Gasteiger partial charge on any atom is 0.142 e. The van der Waals surface area contributed by atoms with Crippen LogP contribution in [0, 0.1) is 6.92 Å². The SMILES string of the molecule is Cc1cc(-c2ccc(C(C)(C)C)cc2)nc(CN)n1. The highest BCUT2D eigenvalue weighted by molar-refractivity contribution is 5.60. The minimum atomic E-state index is 0.169. The lowest BCUT2D eigenvalue weighted by atomic mass is 9.86. The van der Waals surface area contributed by atoms with Crippen LogP contribution in [0.2, 0.25) is 0 Å². The molecule has 2 N–H and O–H groups in total. The van der Waals surface area contributed by atoms with E-state index in [9.17, 15) is 0 Å². The van der Waals surface area contributed by atoms with Gasteiger partial charge in [0.1, 0.15) is 5.82 Å². The Morgan fingerprint density at radius 1 is 1.05 bits per heavy atom. The molecule has 0 saturated heterocycles. The highest BCUT2D eigenvalue weighted by Gasteiger charge is 2.13. The molecule has 0 bridgehead atoms. The van der Waals surface area contributed by atoms with E-state index >= 15 is 0 Å². The first-order valence-electron chi connectivity index (χ1n) is 6.55. The number of nitrogens with two attached hydrogens (primary N) is 1. The van der Waals surface area contributed by atoms with Crippen LogP contribution in [0.3, 0.4) is 0 Å². The maximum atomic E-state index is 5.62. The van der Waals surface area contributed by atoms with Crippen molar-refractivity contribution in [1.82, 2.24) is 9.97 Å². The van der Waals surface area contributed by atoms with Gasteiger partial charge in [-0.15, -0.1) is 0 Å². The number of nitrogens with zero attached hydrogens (tertiary/aromatic N) is 2. The molecule has 1 heterocycles. The number of aryl methyl sites for hydroxylation is 1. The molecule has 0 spiro atoms. The van der Waals surface area contributed by atoms with Crippen LogP contribution in [0.1, 0.15) is 37.9 Å². The molecule has 3 nitrogen and oxygen atoms in total. The van der Waals surface area contributed by atoms with Gasteiger partial charge in [-0.05, 0) is 24.0 Å². The van der Waals surface area contributed by atoms with Crippen LogP contribution in [0.5, 0.6) is 0 Å². The number of rotatable bonds is 2. The van der Waals surface area contributed by atoms with Crippen molar-refractivity contribution in [2.75, 3.05) is 0 Å². The molecule has 0 aliphatic heterocycles. The van der Waals surface area contributed by atoms with Gasteiger partial charge in [-0.25, -0.2) is 9.97 Å². The quantitative estimate of drug-likeness (QED) is 0.896. The lowest BCUT2D eigenvalue weighted by Crippen LogP contribution is -2.10. The molecule has 0 amide bonds. The number of hydrogen-bond acceptors (Lipinski definition) is 3. The lowest BCUT2D eigenvalue weighted by Gasteiger charge is -2.19. The normalized spacial score (nSPS) is 11.6.